The highest BCUT2D eigenvalue weighted by Crippen LogP contribution is 2.43. The molecule has 0 saturated carbocycles. The van der Waals surface area contributed by atoms with Gasteiger partial charge in [-0.3, -0.25) is 9.79 Å². The molecule has 29 heavy (non-hydrogen) atoms. The van der Waals surface area contributed by atoms with Crippen molar-refractivity contribution < 1.29 is 19.1 Å². The van der Waals surface area contributed by atoms with Crippen LogP contribution in [0, 0.1) is 5.92 Å². The number of aliphatic imine (C=N–C) groups is 1. The Morgan fingerprint density at radius 1 is 0.966 bits per heavy atom. The molecule has 6 heteroatoms. The van der Waals surface area contributed by atoms with Crippen LogP contribution in [0.2, 0.25) is 0 Å². The molecule has 2 unspecified atom stereocenters. The fourth-order valence-electron chi connectivity index (χ4n) is 3.37. The van der Waals surface area contributed by atoms with Gasteiger partial charge in [-0.2, -0.15) is 0 Å². The molecule has 0 spiro atoms. The van der Waals surface area contributed by atoms with Crippen LogP contribution in [0.25, 0.3) is 0 Å². The molecule has 1 aromatic carbocycles. The standard InChI is InChI=1S/C23H30BrNO4/c1-13-17(20(26)28-22(3,4)5)19(15-11-9-10-12-16(15)24)18(14(2)25-13)21(27)29-23(6,7)8/h9-12,17,19H,1-8H3. The first kappa shape index (κ1) is 23.3. The van der Waals surface area contributed by atoms with E-state index in [9.17, 15) is 9.59 Å². The lowest BCUT2D eigenvalue weighted by molar-refractivity contribution is -0.158. The third kappa shape index (κ3) is 5.78. The Bertz CT molecular complexity index is 872. The maximum absolute atomic E-state index is 13.2. The Kier molecular flexibility index (Phi) is 6.78. The minimum absolute atomic E-state index is 0.383. The maximum atomic E-state index is 13.2. The monoisotopic (exact) mass is 463 g/mol. The topological polar surface area (TPSA) is 65.0 Å². The molecular weight excluding hydrogens is 434 g/mol. The molecule has 0 saturated heterocycles. The number of rotatable bonds is 3. The first-order valence-corrected chi connectivity index (χ1v) is 10.5. The summed E-state index contributed by atoms with van der Waals surface area (Å²) in [7, 11) is 0. The van der Waals surface area contributed by atoms with E-state index in [-0.39, 0.29) is 0 Å². The molecular formula is C23H30BrNO4. The molecule has 1 heterocycles. The van der Waals surface area contributed by atoms with Crippen LogP contribution in [-0.4, -0.2) is 28.9 Å². The molecule has 0 N–H and O–H groups in total. The van der Waals surface area contributed by atoms with E-state index >= 15 is 0 Å². The summed E-state index contributed by atoms with van der Waals surface area (Å²) in [5, 5.41) is 0. The second-order valence-corrected chi connectivity index (χ2v) is 10.1. The van der Waals surface area contributed by atoms with Gasteiger partial charge in [-0.05, 0) is 67.0 Å². The van der Waals surface area contributed by atoms with E-state index in [0.717, 1.165) is 10.0 Å². The highest BCUT2D eigenvalue weighted by molar-refractivity contribution is 9.10. The minimum Gasteiger partial charge on any atom is -0.459 e. The van der Waals surface area contributed by atoms with E-state index in [1.54, 1.807) is 13.8 Å². The molecule has 1 aromatic rings. The van der Waals surface area contributed by atoms with Gasteiger partial charge < -0.3 is 9.47 Å². The first-order valence-electron chi connectivity index (χ1n) is 9.68. The number of halogens is 1. The number of hydrogen-bond acceptors (Lipinski definition) is 5. The summed E-state index contributed by atoms with van der Waals surface area (Å²) < 4.78 is 12.2. The number of hydrogen-bond donors (Lipinski definition) is 0. The van der Waals surface area contributed by atoms with Crippen molar-refractivity contribution in [3.63, 3.8) is 0 Å². The lowest BCUT2D eigenvalue weighted by atomic mass is 9.75. The predicted octanol–water partition coefficient (Wildman–Crippen LogP) is 5.58. The number of nitrogens with zero attached hydrogens (tertiary/aromatic N) is 1. The molecule has 5 nitrogen and oxygen atoms in total. The fraction of sp³-hybridized carbons (Fsp3) is 0.522. The Hall–Kier alpha value is -1.95. The second kappa shape index (κ2) is 8.42. The Morgan fingerprint density at radius 3 is 2.03 bits per heavy atom. The van der Waals surface area contributed by atoms with Crippen LogP contribution in [0.5, 0.6) is 0 Å². The Labute approximate surface area is 181 Å². The van der Waals surface area contributed by atoms with Crippen molar-refractivity contribution in [2.75, 3.05) is 0 Å². The van der Waals surface area contributed by atoms with E-state index < -0.39 is 35.0 Å². The molecule has 0 aromatic heterocycles. The van der Waals surface area contributed by atoms with Gasteiger partial charge >= 0.3 is 11.9 Å². The van der Waals surface area contributed by atoms with Gasteiger partial charge in [0.15, 0.2) is 0 Å². The summed E-state index contributed by atoms with van der Waals surface area (Å²) in [6.45, 7) is 14.5. The summed E-state index contributed by atoms with van der Waals surface area (Å²) in [6, 6.07) is 7.58. The van der Waals surface area contributed by atoms with Crippen molar-refractivity contribution in [2.45, 2.75) is 72.5 Å². The second-order valence-electron chi connectivity index (χ2n) is 9.26. The maximum Gasteiger partial charge on any atom is 0.337 e. The predicted molar refractivity (Wildman–Crippen MR) is 118 cm³/mol. The summed E-state index contributed by atoms with van der Waals surface area (Å²) in [6.07, 6.45) is 0. The van der Waals surface area contributed by atoms with Gasteiger partial charge in [0.2, 0.25) is 0 Å². The third-order valence-corrected chi connectivity index (χ3v) is 5.07. The summed E-state index contributed by atoms with van der Waals surface area (Å²) in [4.78, 5) is 30.9. The van der Waals surface area contributed by atoms with Crippen molar-refractivity contribution >= 4 is 33.6 Å². The van der Waals surface area contributed by atoms with Crippen molar-refractivity contribution in [1.29, 1.82) is 0 Å². The number of esters is 2. The van der Waals surface area contributed by atoms with Crippen molar-refractivity contribution in [3.8, 4) is 0 Å². The highest BCUT2D eigenvalue weighted by Gasteiger charge is 2.44. The number of allylic oxidation sites excluding steroid dienone is 1. The van der Waals surface area contributed by atoms with Crippen molar-refractivity contribution in [2.24, 2.45) is 10.9 Å². The average Bonchev–Trinajstić information content (AvgIpc) is 2.50. The van der Waals surface area contributed by atoms with Crippen LogP contribution < -0.4 is 0 Å². The summed E-state index contributed by atoms with van der Waals surface area (Å²) in [5.74, 6) is -2.17. The molecule has 158 valence electrons. The van der Waals surface area contributed by atoms with Gasteiger partial charge in [-0.15, -0.1) is 0 Å². The first-order chi connectivity index (χ1) is 13.2. The van der Waals surface area contributed by atoms with Crippen molar-refractivity contribution in [1.82, 2.24) is 0 Å². The number of carbonyl (C=O) groups is 2. The number of ether oxygens (including phenoxy) is 2. The van der Waals surface area contributed by atoms with Gasteiger partial charge in [-0.1, -0.05) is 34.1 Å². The van der Waals surface area contributed by atoms with Crippen LogP contribution in [0.4, 0.5) is 0 Å². The quantitative estimate of drug-likeness (QED) is 0.548. The third-order valence-electron chi connectivity index (χ3n) is 4.35. The SMILES string of the molecule is CC1=NC(C)=C(C(=O)OC(C)(C)C)C(c2ccccc2Br)C1C(=O)OC(C)(C)C. The van der Waals surface area contributed by atoms with E-state index in [2.05, 4.69) is 20.9 Å². The zero-order valence-electron chi connectivity index (χ0n) is 18.4. The normalized spacial score (nSPS) is 20.2. The molecule has 0 fully saturated rings. The van der Waals surface area contributed by atoms with Crippen LogP contribution >= 0.6 is 15.9 Å². The molecule has 0 aliphatic carbocycles. The zero-order valence-corrected chi connectivity index (χ0v) is 20.0. The van der Waals surface area contributed by atoms with Gasteiger partial charge in [-0.25, -0.2) is 4.79 Å². The molecule has 1 aliphatic rings. The van der Waals surface area contributed by atoms with Gasteiger partial charge in [0.25, 0.3) is 0 Å². The molecule has 2 atom stereocenters. The molecule has 0 bridgehead atoms. The molecule has 2 rings (SSSR count). The Balaban J connectivity index is 2.66. The zero-order chi connectivity index (χ0) is 22.1. The van der Waals surface area contributed by atoms with E-state index in [0.29, 0.717) is 17.0 Å². The number of benzene rings is 1. The summed E-state index contributed by atoms with van der Waals surface area (Å²) in [5.41, 5.74) is 1.05. The van der Waals surface area contributed by atoms with E-state index in [1.807, 2.05) is 65.8 Å². The smallest absolute Gasteiger partial charge is 0.337 e. The average molecular weight is 464 g/mol. The van der Waals surface area contributed by atoms with Crippen LogP contribution in [0.1, 0.15) is 66.9 Å². The van der Waals surface area contributed by atoms with Gasteiger partial charge in [0.05, 0.1) is 5.57 Å². The molecule has 0 radical (unpaired) electrons. The number of carbonyl (C=O) groups excluding carboxylic acids is 2. The van der Waals surface area contributed by atoms with Crippen LogP contribution in [-0.2, 0) is 19.1 Å². The Morgan fingerprint density at radius 2 is 1.52 bits per heavy atom. The molecule has 1 aliphatic heterocycles. The lowest BCUT2D eigenvalue weighted by Crippen LogP contribution is -2.40. The van der Waals surface area contributed by atoms with E-state index in [1.165, 1.54) is 0 Å². The summed E-state index contributed by atoms with van der Waals surface area (Å²) >= 11 is 3.58. The van der Waals surface area contributed by atoms with E-state index in [4.69, 9.17) is 9.47 Å². The van der Waals surface area contributed by atoms with Gasteiger partial charge in [0, 0.05) is 21.8 Å². The highest BCUT2D eigenvalue weighted by atomic mass is 79.9. The largest absolute Gasteiger partial charge is 0.459 e. The lowest BCUT2D eigenvalue weighted by Gasteiger charge is -2.34. The molecule has 0 amide bonds. The van der Waals surface area contributed by atoms with Crippen LogP contribution in [0.15, 0.2) is 45.0 Å². The fourth-order valence-corrected chi connectivity index (χ4v) is 3.90. The minimum atomic E-state index is -0.723. The van der Waals surface area contributed by atoms with Gasteiger partial charge in [0.1, 0.15) is 17.1 Å². The van der Waals surface area contributed by atoms with Crippen LogP contribution in [0.3, 0.4) is 0 Å². The van der Waals surface area contributed by atoms with Crippen molar-refractivity contribution in [3.05, 3.63) is 45.6 Å².